The maximum Gasteiger partial charge on any atom is 0.347 e. The predicted octanol–water partition coefficient (Wildman–Crippen LogP) is 1.92. The van der Waals surface area contributed by atoms with Crippen molar-refractivity contribution in [1.29, 1.82) is 0 Å². The van der Waals surface area contributed by atoms with Crippen LogP contribution in [0, 0.1) is 5.82 Å². The Labute approximate surface area is 139 Å². The van der Waals surface area contributed by atoms with Crippen LogP contribution < -0.4 is 0 Å². The lowest BCUT2D eigenvalue weighted by atomic mass is 9.91. The van der Waals surface area contributed by atoms with Gasteiger partial charge in [-0.05, 0) is 37.5 Å². The van der Waals surface area contributed by atoms with Crippen LogP contribution in [0.25, 0.3) is 0 Å². The Morgan fingerprint density at radius 1 is 1.46 bits per heavy atom. The number of carbonyl (C=O) groups excluding carboxylic acids is 2. The minimum atomic E-state index is -0.866. The van der Waals surface area contributed by atoms with Crippen molar-refractivity contribution in [2.24, 2.45) is 0 Å². The monoisotopic (exact) mass is 334 g/mol. The van der Waals surface area contributed by atoms with Gasteiger partial charge in [-0.1, -0.05) is 12.1 Å². The Hall–Kier alpha value is -2.41. The van der Waals surface area contributed by atoms with Crippen LogP contribution in [0.2, 0.25) is 0 Å². The number of carbonyl (C=O) groups is 2. The van der Waals surface area contributed by atoms with Crippen LogP contribution in [0.4, 0.5) is 4.39 Å². The Kier molecular flexibility index (Phi) is 4.04. The molecule has 2 heterocycles. The average Bonchev–Trinajstić information content (AvgIpc) is 2.95. The number of fused-ring (bicyclic) bond motifs is 1. The quantitative estimate of drug-likeness (QED) is 0.675. The molecule has 0 unspecified atom stereocenters. The molecular formula is C17H19FN2O4. The lowest BCUT2D eigenvalue weighted by Gasteiger charge is -2.46. The minimum absolute atomic E-state index is 0.111. The van der Waals surface area contributed by atoms with Crippen molar-refractivity contribution in [3.05, 3.63) is 47.0 Å². The first-order valence-electron chi connectivity index (χ1n) is 7.74. The summed E-state index contributed by atoms with van der Waals surface area (Å²) >= 11 is 0. The van der Waals surface area contributed by atoms with E-state index in [1.165, 1.54) is 17.1 Å². The number of methoxy groups -OCH3 is 1. The molecule has 0 aliphatic carbocycles. The summed E-state index contributed by atoms with van der Waals surface area (Å²) in [6.07, 6.45) is 1.37. The maximum absolute atomic E-state index is 13.4. The van der Waals surface area contributed by atoms with Gasteiger partial charge in [-0.3, -0.25) is 9.80 Å². The predicted molar refractivity (Wildman–Crippen MR) is 83.0 cm³/mol. The second-order valence-electron chi connectivity index (χ2n) is 6.21. The third-order valence-electron chi connectivity index (χ3n) is 4.70. The largest absolute Gasteiger partial charge is 0.509 e. The maximum atomic E-state index is 13.4. The summed E-state index contributed by atoms with van der Waals surface area (Å²) in [5.41, 5.74) is -0.595. The number of rotatable bonds is 3. The van der Waals surface area contributed by atoms with Gasteiger partial charge in [-0.2, -0.15) is 0 Å². The standard InChI is InChI=1S/C17H19FN2O4/c1-17-7-4-8-20(17)19(10-11-5-3-6-12(18)9-11)15(22)13(14(17)21)16(23)24-2/h3,5-6,9,21H,4,7-8,10H2,1-2H3/t17-/m1/s1. The fourth-order valence-corrected chi connectivity index (χ4v) is 3.44. The molecule has 1 fully saturated rings. The zero-order valence-electron chi connectivity index (χ0n) is 13.6. The summed E-state index contributed by atoms with van der Waals surface area (Å²) in [5.74, 6) is -2.16. The van der Waals surface area contributed by atoms with Crippen LogP contribution in [0.15, 0.2) is 35.6 Å². The van der Waals surface area contributed by atoms with Gasteiger partial charge in [0.2, 0.25) is 0 Å². The molecule has 1 aromatic carbocycles. The van der Waals surface area contributed by atoms with Crippen LogP contribution in [-0.4, -0.2) is 46.2 Å². The van der Waals surface area contributed by atoms with Crippen LogP contribution in [-0.2, 0) is 20.9 Å². The summed E-state index contributed by atoms with van der Waals surface area (Å²) in [6.45, 7) is 2.46. The number of aliphatic hydroxyl groups is 1. The molecule has 0 radical (unpaired) electrons. The topological polar surface area (TPSA) is 70.1 Å². The summed E-state index contributed by atoms with van der Waals surface area (Å²) in [7, 11) is 1.16. The summed E-state index contributed by atoms with van der Waals surface area (Å²) < 4.78 is 18.1. The highest BCUT2D eigenvalue weighted by Gasteiger charge is 2.52. The second kappa shape index (κ2) is 5.90. The number of hydrogen-bond acceptors (Lipinski definition) is 5. The molecule has 3 rings (SSSR count). The van der Waals surface area contributed by atoms with Crippen LogP contribution in [0.1, 0.15) is 25.3 Å². The van der Waals surface area contributed by atoms with E-state index < -0.39 is 23.2 Å². The molecule has 1 saturated heterocycles. The molecule has 0 saturated carbocycles. The van der Waals surface area contributed by atoms with Gasteiger partial charge < -0.3 is 9.84 Å². The van der Waals surface area contributed by atoms with E-state index in [0.29, 0.717) is 18.5 Å². The lowest BCUT2D eigenvalue weighted by Crippen LogP contribution is -2.60. The van der Waals surface area contributed by atoms with E-state index >= 15 is 0 Å². The Balaban J connectivity index is 2.03. The van der Waals surface area contributed by atoms with E-state index in [4.69, 9.17) is 0 Å². The van der Waals surface area contributed by atoms with Gasteiger partial charge in [-0.15, -0.1) is 0 Å². The molecule has 6 nitrogen and oxygen atoms in total. The highest BCUT2D eigenvalue weighted by atomic mass is 19.1. The van der Waals surface area contributed by atoms with E-state index in [2.05, 4.69) is 4.74 Å². The molecule has 24 heavy (non-hydrogen) atoms. The molecule has 2 aliphatic heterocycles. The summed E-state index contributed by atoms with van der Waals surface area (Å²) in [4.78, 5) is 24.8. The number of amides is 1. The van der Waals surface area contributed by atoms with Crippen molar-refractivity contribution in [1.82, 2.24) is 10.0 Å². The number of ether oxygens (including phenoxy) is 1. The molecule has 1 atom stereocenters. The van der Waals surface area contributed by atoms with E-state index in [9.17, 15) is 19.1 Å². The molecule has 7 heteroatoms. The molecule has 128 valence electrons. The number of hydrazine groups is 1. The van der Waals surface area contributed by atoms with Crippen molar-refractivity contribution < 1.29 is 23.8 Å². The lowest BCUT2D eigenvalue weighted by molar-refractivity contribution is -0.163. The highest BCUT2D eigenvalue weighted by Crippen LogP contribution is 2.41. The first-order chi connectivity index (χ1) is 11.4. The second-order valence-corrected chi connectivity index (χ2v) is 6.21. The van der Waals surface area contributed by atoms with E-state index in [0.717, 1.165) is 13.5 Å². The molecule has 0 aromatic heterocycles. The van der Waals surface area contributed by atoms with Crippen LogP contribution in [0.3, 0.4) is 0 Å². The number of esters is 1. The number of nitrogens with zero attached hydrogens (tertiary/aromatic N) is 2. The van der Waals surface area contributed by atoms with E-state index in [-0.39, 0.29) is 17.9 Å². The fourth-order valence-electron chi connectivity index (χ4n) is 3.44. The van der Waals surface area contributed by atoms with Gasteiger partial charge in [-0.25, -0.2) is 14.2 Å². The van der Waals surface area contributed by atoms with Crippen LogP contribution >= 0.6 is 0 Å². The van der Waals surface area contributed by atoms with Gasteiger partial charge in [0.15, 0.2) is 5.57 Å². The number of benzene rings is 1. The average molecular weight is 334 g/mol. The molecule has 0 bridgehead atoms. The van der Waals surface area contributed by atoms with Crippen molar-refractivity contribution in [2.75, 3.05) is 13.7 Å². The summed E-state index contributed by atoms with van der Waals surface area (Å²) in [6, 6.07) is 5.94. The van der Waals surface area contributed by atoms with Crippen molar-refractivity contribution in [3.8, 4) is 0 Å². The van der Waals surface area contributed by atoms with Crippen molar-refractivity contribution in [3.63, 3.8) is 0 Å². The van der Waals surface area contributed by atoms with Crippen molar-refractivity contribution >= 4 is 11.9 Å². The van der Waals surface area contributed by atoms with Gasteiger partial charge >= 0.3 is 5.97 Å². The highest BCUT2D eigenvalue weighted by molar-refractivity contribution is 6.17. The molecule has 1 aromatic rings. The minimum Gasteiger partial charge on any atom is -0.509 e. The first-order valence-corrected chi connectivity index (χ1v) is 7.74. The molecule has 0 spiro atoms. The Morgan fingerprint density at radius 2 is 2.21 bits per heavy atom. The van der Waals surface area contributed by atoms with Crippen molar-refractivity contribution in [2.45, 2.75) is 31.8 Å². The number of hydrogen-bond donors (Lipinski definition) is 1. The van der Waals surface area contributed by atoms with Gasteiger partial charge in [0.25, 0.3) is 5.91 Å². The van der Waals surface area contributed by atoms with Gasteiger partial charge in [0.05, 0.1) is 19.2 Å². The molecule has 2 aliphatic rings. The Morgan fingerprint density at radius 3 is 2.88 bits per heavy atom. The van der Waals surface area contributed by atoms with E-state index in [1.807, 2.05) is 0 Å². The number of aliphatic hydroxyl groups excluding tert-OH is 1. The molecule has 1 N–H and O–H groups in total. The molecule has 1 amide bonds. The smallest absolute Gasteiger partial charge is 0.347 e. The van der Waals surface area contributed by atoms with Gasteiger partial charge in [0.1, 0.15) is 11.6 Å². The summed E-state index contributed by atoms with van der Waals surface area (Å²) in [5, 5.41) is 13.7. The molecular weight excluding hydrogens is 315 g/mol. The zero-order valence-corrected chi connectivity index (χ0v) is 13.6. The third-order valence-corrected chi connectivity index (χ3v) is 4.70. The fraction of sp³-hybridized carbons (Fsp3) is 0.412. The third kappa shape index (κ3) is 2.45. The first kappa shape index (κ1) is 16.4. The normalized spacial score (nSPS) is 24.3. The van der Waals surface area contributed by atoms with Gasteiger partial charge in [0, 0.05) is 6.54 Å². The SMILES string of the molecule is COC(=O)C1=C(O)[C@@]2(C)CCCN2N(Cc2cccc(F)c2)C1=O. The van der Waals surface area contributed by atoms with Crippen LogP contribution in [0.5, 0.6) is 0 Å². The number of halogens is 1. The Bertz CT molecular complexity index is 733. The zero-order chi connectivity index (χ0) is 17.5. The van der Waals surface area contributed by atoms with E-state index in [1.54, 1.807) is 24.1 Å².